The van der Waals surface area contributed by atoms with Gasteiger partial charge in [-0.1, -0.05) is 47.5 Å². The van der Waals surface area contributed by atoms with Crippen LogP contribution in [0.15, 0.2) is 42.5 Å². The molecule has 0 fully saturated rings. The van der Waals surface area contributed by atoms with Gasteiger partial charge in [-0.25, -0.2) is 4.39 Å². The van der Waals surface area contributed by atoms with E-state index in [0.29, 0.717) is 12.1 Å². The molecule has 0 amide bonds. The second-order valence-corrected chi connectivity index (χ2v) is 5.58. The van der Waals surface area contributed by atoms with Crippen molar-refractivity contribution >= 4 is 11.6 Å². The molecule has 0 saturated carbocycles. The summed E-state index contributed by atoms with van der Waals surface area (Å²) in [7, 11) is 0. The summed E-state index contributed by atoms with van der Waals surface area (Å²) in [6, 6.07) is 13.2. The van der Waals surface area contributed by atoms with Crippen LogP contribution >= 0.6 is 11.6 Å². The van der Waals surface area contributed by atoms with Crippen molar-refractivity contribution in [3.05, 3.63) is 70.0 Å². The predicted octanol–water partition coefficient (Wildman–Crippen LogP) is 4.51. The minimum atomic E-state index is -0.159. The molecular formula is C17H19ClFN. The van der Waals surface area contributed by atoms with E-state index in [9.17, 15) is 4.39 Å². The zero-order valence-electron chi connectivity index (χ0n) is 11.8. The summed E-state index contributed by atoms with van der Waals surface area (Å²) in [6.45, 7) is 4.58. The van der Waals surface area contributed by atoms with E-state index in [1.165, 1.54) is 6.07 Å². The van der Waals surface area contributed by atoms with E-state index in [0.717, 1.165) is 22.6 Å². The molecule has 0 bridgehead atoms. The van der Waals surface area contributed by atoms with Crippen LogP contribution in [-0.4, -0.2) is 6.04 Å². The Morgan fingerprint density at radius 1 is 1.15 bits per heavy atom. The fourth-order valence-electron chi connectivity index (χ4n) is 2.19. The lowest BCUT2D eigenvalue weighted by Gasteiger charge is -2.15. The number of hydrogen-bond donors (Lipinski definition) is 1. The molecule has 1 nitrogen and oxygen atoms in total. The smallest absolute Gasteiger partial charge is 0.127 e. The second-order valence-electron chi connectivity index (χ2n) is 5.17. The third-order valence-corrected chi connectivity index (χ3v) is 3.69. The second kappa shape index (κ2) is 6.87. The molecular weight excluding hydrogens is 273 g/mol. The zero-order valence-corrected chi connectivity index (χ0v) is 12.5. The molecule has 3 heteroatoms. The highest BCUT2D eigenvalue weighted by molar-refractivity contribution is 6.31. The summed E-state index contributed by atoms with van der Waals surface area (Å²) in [5, 5.41) is 4.12. The van der Waals surface area contributed by atoms with Gasteiger partial charge in [-0.3, -0.25) is 0 Å². The van der Waals surface area contributed by atoms with E-state index >= 15 is 0 Å². The van der Waals surface area contributed by atoms with Gasteiger partial charge in [0.25, 0.3) is 0 Å². The van der Waals surface area contributed by atoms with Crippen molar-refractivity contribution in [2.75, 3.05) is 0 Å². The van der Waals surface area contributed by atoms with Crippen LogP contribution in [0.3, 0.4) is 0 Å². The summed E-state index contributed by atoms with van der Waals surface area (Å²) in [6.07, 6.45) is 0.826. The number of hydrogen-bond acceptors (Lipinski definition) is 1. The summed E-state index contributed by atoms with van der Waals surface area (Å²) < 4.78 is 13.6. The standard InChI is InChI=1S/C17H19ClFN/c1-12-7-8-17(19)15(9-12)11-20-13(2)10-14-5-3-4-6-16(14)18/h3-9,13,20H,10-11H2,1-2H3. The van der Waals surface area contributed by atoms with Crippen LogP contribution in [0.1, 0.15) is 23.6 Å². The minimum absolute atomic E-state index is 0.159. The van der Waals surface area contributed by atoms with Crippen molar-refractivity contribution in [1.82, 2.24) is 5.32 Å². The van der Waals surface area contributed by atoms with Crippen molar-refractivity contribution < 1.29 is 4.39 Å². The lowest BCUT2D eigenvalue weighted by molar-refractivity contribution is 0.525. The van der Waals surface area contributed by atoms with Crippen LogP contribution < -0.4 is 5.32 Å². The Balaban J connectivity index is 1.94. The maximum absolute atomic E-state index is 13.6. The van der Waals surface area contributed by atoms with E-state index in [1.807, 2.05) is 37.3 Å². The highest BCUT2D eigenvalue weighted by Crippen LogP contribution is 2.17. The molecule has 2 aromatic rings. The molecule has 1 atom stereocenters. The summed E-state index contributed by atoms with van der Waals surface area (Å²) >= 11 is 6.14. The van der Waals surface area contributed by atoms with Gasteiger partial charge in [-0.15, -0.1) is 0 Å². The number of nitrogens with one attached hydrogen (secondary N) is 1. The van der Waals surface area contributed by atoms with E-state index in [4.69, 9.17) is 11.6 Å². The summed E-state index contributed by atoms with van der Waals surface area (Å²) in [4.78, 5) is 0. The Morgan fingerprint density at radius 2 is 1.90 bits per heavy atom. The Bertz CT molecular complexity index is 583. The van der Waals surface area contributed by atoms with Crippen molar-refractivity contribution in [3.8, 4) is 0 Å². The maximum atomic E-state index is 13.6. The first-order valence-corrected chi connectivity index (χ1v) is 7.16. The Hall–Kier alpha value is -1.38. The highest BCUT2D eigenvalue weighted by Gasteiger charge is 2.08. The minimum Gasteiger partial charge on any atom is -0.310 e. The number of aryl methyl sites for hydroxylation is 1. The van der Waals surface area contributed by atoms with Gasteiger partial charge in [0.2, 0.25) is 0 Å². The van der Waals surface area contributed by atoms with E-state index < -0.39 is 0 Å². The molecule has 2 rings (SSSR count). The van der Waals surface area contributed by atoms with Crippen LogP contribution in [0.25, 0.3) is 0 Å². The molecule has 0 aliphatic rings. The van der Waals surface area contributed by atoms with Crippen molar-refractivity contribution in [1.29, 1.82) is 0 Å². The molecule has 0 radical (unpaired) electrons. The average Bonchev–Trinajstić information content (AvgIpc) is 2.42. The van der Waals surface area contributed by atoms with Crippen LogP contribution in [0.2, 0.25) is 5.02 Å². The summed E-state index contributed by atoms with van der Waals surface area (Å²) in [5.74, 6) is -0.159. The number of rotatable bonds is 5. The quantitative estimate of drug-likeness (QED) is 0.855. The molecule has 0 saturated heterocycles. The van der Waals surface area contributed by atoms with Gasteiger partial charge in [-0.2, -0.15) is 0 Å². The lowest BCUT2D eigenvalue weighted by atomic mass is 10.1. The largest absolute Gasteiger partial charge is 0.310 e. The van der Waals surface area contributed by atoms with Crippen LogP contribution in [0, 0.1) is 12.7 Å². The Morgan fingerprint density at radius 3 is 2.65 bits per heavy atom. The molecule has 0 aromatic heterocycles. The van der Waals surface area contributed by atoms with Crippen molar-refractivity contribution in [3.63, 3.8) is 0 Å². The molecule has 0 heterocycles. The first-order chi connectivity index (χ1) is 9.56. The third-order valence-electron chi connectivity index (χ3n) is 3.33. The molecule has 0 aliphatic carbocycles. The van der Waals surface area contributed by atoms with Crippen molar-refractivity contribution in [2.45, 2.75) is 32.9 Å². The van der Waals surface area contributed by atoms with Gasteiger partial charge < -0.3 is 5.32 Å². The molecule has 0 aliphatic heterocycles. The monoisotopic (exact) mass is 291 g/mol. The normalized spacial score (nSPS) is 12.4. The van der Waals surface area contributed by atoms with Gasteiger partial charge in [-0.05, 0) is 38.0 Å². The Labute approximate surface area is 124 Å². The van der Waals surface area contributed by atoms with E-state index in [1.54, 1.807) is 6.07 Å². The van der Waals surface area contributed by atoms with E-state index in [-0.39, 0.29) is 11.9 Å². The van der Waals surface area contributed by atoms with Gasteiger partial charge in [0.05, 0.1) is 0 Å². The number of halogens is 2. The van der Waals surface area contributed by atoms with Gasteiger partial charge in [0.1, 0.15) is 5.82 Å². The van der Waals surface area contributed by atoms with Gasteiger partial charge in [0.15, 0.2) is 0 Å². The van der Waals surface area contributed by atoms with Crippen LogP contribution in [0.4, 0.5) is 4.39 Å². The SMILES string of the molecule is Cc1ccc(F)c(CNC(C)Cc2ccccc2Cl)c1. The molecule has 2 aromatic carbocycles. The molecule has 1 N–H and O–H groups in total. The van der Waals surface area contributed by atoms with E-state index in [2.05, 4.69) is 12.2 Å². The van der Waals surface area contributed by atoms with Crippen LogP contribution in [0.5, 0.6) is 0 Å². The number of benzene rings is 2. The molecule has 106 valence electrons. The van der Waals surface area contributed by atoms with Crippen LogP contribution in [-0.2, 0) is 13.0 Å². The Kier molecular flexibility index (Phi) is 5.16. The topological polar surface area (TPSA) is 12.0 Å². The van der Waals surface area contributed by atoms with Gasteiger partial charge in [0, 0.05) is 23.2 Å². The van der Waals surface area contributed by atoms with Crippen molar-refractivity contribution in [2.24, 2.45) is 0 Å². The zero-order chi connectivity index (χ0) is 14.5. The average molecular weight is 292 g/mol. The summed E-state index contributed by atoms with van der Waals surface area (Å²) in [5.41, 5.74) is 2.89. The fourth-order valence-corrected chi connectivity index (χ4v) is 2.40. The fraction of sp³-hybridized carbons (Fsp3) is 0.294. The predicted molar refractivity (Wildman–Crippen MR) is 82.6 cm³/mol. The maximum Gasteiger partial charge on any atom is 0.127 e. The molecule has 0 spiro atoms. The van der Waals surface area contributed by atoms with Gasteiger partial charge >= 0.3 is 0 Å². The third kappa shape index (κ3) is 4.06. The highest BCUT2D eigenvalue weighted by atomic mass is 35.5. The first kappa shape index (κ1) is 15.0. The lowest BCUT2D eigenvalue weighted by Crippen LogP contribution is -2.28. The molecule has 20 heavy (non-hydrogen) atoms. The molecule has 1 unspecified atom stereocenters. The first-order valence-electron chi connectivity index (χ1n) is 6.78.